The van der Waals surface area contributed by atoms with E-state index in [9.17, 15) is 20.4 Å². The van der Waals surface area contributed by atoms with Gasteiger partial charge in [-0.25, -0.2) is 0 Å². The van der Waals surface area contributed by atoms with Gasteiger partial charge in [0.25, 0.3) is 0 Å². The zero-order chi connectivity index (χ0) is 25.3. The van der Waals surface area contributed by atoms with Crippen LogP contribution in [0.4, 0.5) is 0 Å². The molecule has 6 heteroatoms. The summed E-state index contributed by atoms with van der Waals surface area (Å²) in [5.74, 6) is -0.0468. The minimum absolute atomic E-state index is 0.0381. The summed E-state index contributed by atoms with van der Waals surface area (Å²) < 4.78 is 0. The number of phenols is 4. The fourth-order valence-corrected chi connectivity index (χ4v) is 5.10. The number of hydrogen-bond acceptors (Lipinski definition) is 6. The van der Waals surface area contributed by atoms with E-state index in [2.05, 4.69) is 34.5 Å². The Morgan fingerprint density at radius 1 is 0.750 bits per heavy atom. The summed E-state index contributed by atoms with van der Waals surface area (Å²) >= 11 is 0. The molecule has 0 fully saturated rings. The Balaban J connectivity index is 1.19. The van der Waals surface area contributed by atoms with Crippen LogP contribution in [0, 0.1) is 0 Å². The molecule has 1 atom stereocenters. The molecule has 36 heavy (non-hydrogen) atoms. The van der Waals surface area contributed by atoms with Gasteiger partial charge in [0.05, 0.1) is 0 Å². The summed E-state index contributed by atoms with van der Waals surface area (Å²) in [5.41, 5.74) is 4.49. The van der Waals surface area contributed by atoms with Crippen molar-refractivity contribution in [1.82, 2.24) is 10.2 Å². The molecule has 0 saturated heterocycles. The Morgan fingerprint density at radius 2 is 1.50 bits per heavy atom. The van der Waals surface area contributed by atoms with E-state index in [-0.39, 0.29) is 28.9 Å². The van der Waals surface area contributed by atoms with Gasteiger partial charge in [0.2, 0.25) is 0 Å². The van der Waals surface area contributed by atoms with Crippen molar-refractivity contribution in [3.63, 3.8) is 0 Å². The molecule has 1 aliphatic rings. The van der Waals surface area contributed by atoms with Gasteiger partial charge in [-0.1, -0.05) is 49.2 Å². The van der Waals surface area contributed by atoms with Crippen LogP contribution in [-0.2, 0) is 12.8 Å². The highest BCUT2D eigenvalue weighted by Crippen LogP contribution is 2.37. The number of rotatable bonds is 11. The molecule has 3 aromatic carbocycles. The van der Waals surface area contributed by atoms with Crippen LogP contribution in [0.1, 0.15) is 53.9 Å². The lowest BCUT2D eigenvalue weighted by molar-refractivity contribution is 0.269. The maximum atomic E-state index is 10.2. The number of nitrogens with one attached hydrogen (secondary N) is 1. The van der Waals surface area contributed by atoms with Gasteiger partial charge in [0, 0.05) is 19.0 Å². The minimum Gasteiger partial charge on any atom is -0.504 e. The van der Waals surface area contributed by atoms with Gasteiger partial charge in [-0.2, -0.15) is 0 Å². The monoisotopic (exact) mass is 490 g/mol. The van der Waals surface area contributed by atoms with E-state index < -0.39 is 0 Å². The Morgan fingerprint density at radius 3 is 2.31 bits per heavy atom. The molecule has 0 saturated carbocycles. The topological polar surface area (TPSA) is 96.2 Å². The van der Waals surface area contributed by atoms with Crippen LogP contribution in [0.5, 0.6) is 23.0 Å². The predicted molar refractivity (Wildman–Crippen MR) is 143 cm³/mol. The normalized spacial score (nSPS) is 15.9. The standard InChI is InChI=1S/C30H38N2O4/c33-27-11-10-22(18-28(27)34)12-15-31-14-6-1-2-7-16-32-17-13-24-19-29(35)30(36)20-25(24)26(21-32)23-8-4-3-5-9-23/h3-5,8-11,18-20,26,31,33-36H,1-2,6-7,12-17,21H2. The Labute approximate surface area is 213 Å². The number of fused-ring (bicyclic) bond motifs is 1. The van der Waals surface area contributed by atoms with Gasteiger partial charge in [-0.05, 0) is 91.8 Å². The highest BCUT2D eigenvalue weighted by atomic mass is 16.3. The highest BCUT2D eigenvalue weighted by molar-refractivity contribution is 5.50. The SMILES string of the molecule is Oc1ccc(CCNCCCCCCN2CCc3cc(O)c(O)cc3C(c3ccccc3)C2)cc1O. The van der Waals surface area contributed by atoms with E-state index >= 15 is 0 Å². The molecule has 0 bridgehead atoms. The number of nitrogens with zero attached hydrogens (tertiary/aromatic N) is 1. The van der Waals surface area contributed by atoms with Crippen molar-refractivity contribution in [2.45, 2.75) is 44.4 Å². The molecule has 192 valence electrons. The number of hydrogen-bond donors (Lipinski definition) is 5. The number of aromatic hydroxyl groups is 4. The summed E-state index contributed by atoms with van der Waals surface area (Å²) in [5, 5.41) is 42.7. The molecule has 1 heterocycles. The van der Waals surface area contributed by atoms with Crippen molar-refractivity contribution in [2.24, 2.45) is 0 Å². The molecule has 0 aromatic heterocycles. The van der Waals surface area contributed by atoms with E-state index in [1.165, 1.54) is 24.5 Å². The third-order valence-corrected chi connectivity index (χ3v) is 7.16. The zero-order valence-electron chi connectivity index (χ0n) is 20.9. The first-order valence-corrected chi connectivity index (χ1v) is 13.0. The molecule has 0 aliphatic carbocycles. The van der Waals surface area contributed by atoms with Crippen molar-refractivity contribution < 1.29 is 20.4 Å². The number of phenolic OH excluding ortho intramolecular Hbond substituents is 4. The molecule has 3 aromatic rings. The lowest BCUT2D eigenvalue weighted by Crippen LogP contribution is -2.30. The highest BCUT2D eigenvalue weighted by Gasteiger charge is 2.25. The Bertz CT molecular complexity index is 1120. The molecule has 0 amide bonds. The maximum absolute atomic E-state index is 10.2. The van der Waals surface area contributed by atoms with Gasteiger partial charge < -0.3 is 30.6 Å². The lowest BCUT2D eigenvalue weighted by Gasteiger charge is -2.25. The van der Waals surface area contributed by atoms with Crippen LogP contribution in [-0.4, -0.2) is 58.0 Å². The molecule has 6 nitrogen and oxygen atoms in total. The first-order chi connectivity index (χ1) is 17.5. The summed E-state index contributed by atoms with van der Waals surface area (Å²) in [6, 6.07) is 18.9. The van der Waals surface area contributed by atoms with Crippen molar-refractivity contribution in [3.05, 3.63) is 82.9 Å². The van der Waals surface area contributed by atoms with Gasteiger partial charge >= 0.3 is 0 Å². The lowest BCUT2D eigenvalue weighted by atomic mass is 9.87. The zero-order valence-corrected chi connectivity index (χ0v) is 20.9. The largest absolute Gasteiger partial charge is 0.504 e. The minimum atomic E-state index is -0.0781. The second-order valence-electron chi connectivity index (χ2n) is 9.79. The van der Waals surface area contributed by atoms with E-state index in [0.29, 0.717) is 0 Å². The smallest absolute Gasteiger partial charge is 0.157 e. The first kappa shape index (κ1) is 25.9. The van der Waals surface area contributed by atoms with Crippen LogP contribution >= 0.6 is 0 Å². The van der Waals surface area contributed by atoms with Crippen LogP contribution < -0.4 is 5.32 Å². The van der Waals surface area contributed by atoms with Crippen LogP contribution in [0.15, 0.2) is 60.7 Å². The summed E-state index contributed by atoms with van der Waals surface area (Å²) in [7, 11) is 0. The molecule has 1 unspecified atom stereocenters. The molecular formula is C30H38N2O4. The number of benzene rings is 3. The molecule has 1 aliphatic heterocycles. The molecule has 4 rings (SSSR count). The molecule has 5 N–H and O–H groups in total. The fourth-order valence-electron chi connectivity index (χ4n) is 5.10. The van der Waals surface area contributed by atoms with Crippen LogP contribution in [0.3, 0.4) is 0 Å². The third-order valence-electron chi connectivity index (χ3n) is 7.16. The van der Waals surface area contributed by atoms with Crippen LogP contribution in [0.2, 0.25) is 0 Å². The van der Waals surface area contributed by atoms with Gasteiger partial charge in [-0.3, -0.25) is 0 Å². The van der Waals surface area contributed by atoms with E-state index in [4.69, 9.17) is 0 Å². The average molecular weight is 491 g/mol. The van der Waals surface area contributed by atoms with E-state index in [0.717, 1.165) is 75.1 Å². The van der Waals surface area contributed by atoms with Crippen molar-refractivity contribution in [2.75, 3.05) is 32.7 Å². The summed E-state index contributed by atoms with van der Waals surface area (Å²) in [4.78, 5) is 2.52. The maximum Gasteiger partial charge on any atom is 0.157 e. The van der Waals surface area contributed by atoms with E-state index in [1.807, 2.05) is 12.1 Å². The third kappa shape index (κ3) is 6.93. The Hall–Kier alpha value is -3.22. The summed E-state index contributed by atoms with van der Waals surface area (Å²) in [6.07, 6.45) is 6.36. The van der Waals surface area contributed by atoms with E-state index in [1.54, 1.807) is 18.2 Å². The second kappa shape index (κ2) is 12.7. The molecule has 0 radical (unpaired) electrons. The second-order valence-corrected chi connectivity index (χ2v) is 9.79. The first-order valence-electron chi connectivity index (χ1n) is 13.0. The van der Waals surface area contributed by atoms with Crippen molar-refractivity contribution in [3.8, 4) is 23.0 Å². The van der Waals surface area contributed by atoms with Gasteiger partial charge in [-0.15, -0.1) is 0 Å². The van der Waals surface area contributed by atoms with Crippen LogP contribution in [0.25, 0.3) is 0 Å². The Kier molecular flexibility index (Phi) is 9.09. The van der Waals surface area contributed by atoms with Crippen molar-refractivity contribution >= 4 is 0 Å². The van der Waals surface area contributed by atoms with Gasteiger partial charge in [0.15, 0.2) is 23.0 Å². The quantitative estimate of drug-likeness (QED) is 0.194. The van der Waals surface area contributed by atoms with Gasteiger partial charge in [0.1, 0.15) is 0 Å². The number of unbranched alkanes of at least 4 members (excludes halogenated alkanes) is 3. The summed E-state index contributed by atoms with van der Waals surface area (Å²) in [6.45, 7) is 4.74. The fraction of sp³-hybridized carbons (Fsp3) is 0.400. The molecule has 0 spiro atoms. The molecular weight excluding hydrogens is 452 g/mol. The van der Waals surface area contributed by atoms with Crippen molar-refractivity contribution in [1.29, 1.82) is 0 Å². The predicted octanol–water partition coefficient (Wildman–Crippen LogP) is 4.89. The average Bonchev–Trinajstić information content (AvgIpc) is 3.05.